The van der Waals surface area contributed by atoms with Crippen LogP contribution in [0.3, 0.4) is 0 Å². The third kappa shape index (κ3) is 1.84. The lowest BCUT2D eigenvalue weighted by atomic mass is 10.1. The van der Waals surface area contributed by atoms with Crippen LogP contribution < -0.4 is 4.74 Å². The Balaban J connectivity index is 3.34. The van der Waals surface area contributed by atoms with Crippen molar-refractivity contribution in [2.45, 2.75) is 12.3 Å². The minimum absolute atomic E-state index is 0.668. The van der Waals surface area contributed by atoms with Crippen molar-refractivity contribution in [1.82, 2.24) is 0 Å². The molecule has 0 saturated heterocycles. The molecule has 0 spiro atoms. The molecule has 0 atom stereocenters. The van der Waals surface area contributed by atoms with Gasteiger partial charge >= 0.3 is 0 Å². The van der Waals surface area contributed by atoms with Crippen LogP contribution in [-0.4, -0.2) is 7.11 Å². The molecule has 0 saturated carbocycles. The topological polar surface area (TPSA) is 33.0 Å². The Bertz CT molecular complexity index is 355. The standard InChI is InChI=1S/C10H10BrNO/c1-7-9(6-12)4-3-8(5-11)10(7)13-2/h3-4H,5H2,1-2H3. The lowest BCUT2D eigenvalue weighted by Gasteiger charge is -2.10. The second kappa shape index (κ2) is 4.29. The molecule has 0 heterocycles. The Kier molecular flexibility index (Phi) is 3.32. The van der Waals surface area contributed by atoms with Crippen LogP contribution in [0.15, 0.2) is 12.1 Å². The van der Waals surface area contributed by atoms with Gasteiger partial charge in [-0.2, -0.15) is 5.26 Å². The van der Waals surface area contributed by atoms with E-state index in [2.05, 4.69) is 22.0 Å². The second-order valence-corrected chi connectivity index (χ2v) is 3.24. The van der Waals surface area contributed by atoms with Crippen molar-refractivity contribution < 1.29 is 4.74 Å². The number of alkyl halides is 1. The van der Waals surface area contributed by atoms with Gasteiger partial charge in [0.1, 0.15) is 5.75 Å². The first kappa shape index (κ1) is 10.1. The van der Waals surface area contributed by atoms with Gasteiger partial charge in [0.05, 0.1) is 18.7 Å². The molecule has 0 aliphatic heterocycles. The van der Waals surface area contributed by atoms with E-state index >= 15 is 0 Å². The van der Waals surface area contributed by atoms with Crippen LogP contribution in [0.4, 0.5) is 0 Å². The van der Waals surface area contributed by atoms with Crippen LogP contribution in [0, 0.1) is 18.3 Å². The molecule has 0 N–H and O–H groups in total. The van der Waals surface area contributed by atoms with Gasteiger partial charge in [-0.1, -0.05) is 22.0 Å². The second-order valence-electron chi connectivity index (χ2n) is 2.68. The van der Waals surface area contributed by atoms with E-state index in [-0.39, 0.29) is 0 Å². The molecule has 0 bridgehead atoms. The Morgan fingerprint density at radius 2 is 2.23 bits per heavy atom. The number of nitrogens with zero attached hydrogens (tertiary/aromatic N) is 1. The summed E-state index contributed by atoms with van der Waals surface area (Å²) in [6.45, 7) is 1.89. The van der Waals surface area contributed by atoms with Crippen LogP contribution in [0.1, 0.15) is 16.7 Å². The molecule has 0 aromatic heterocycles. The SMILES string of the molecule is COc1c(CBr)ccc(C#N)c1C. The normalized spacial score (nSPS) is 9.38. The van der Waals surface area contributed by atoms with Gasteiger partial charge in [0.25, 0.3) is 0 Å². The van der Waals surface area contributed by atoms with Gasteiger partial charge in [-0.05, 0) is 13.0 Å². The highest BCUT2D eigenvalue weighted by Gasteiger charge is 2.08. The highest BCUT2D eigenvalue weighted by molar-refractivity contribution is 9.08. The summed E-state index contributed by atoms with van der Waals surface area (Å²) in [5.41, 5.74) is 2.64. The molecule has 0 amide bonds. The van der Waals surface area contributed by atoms with Crippen molar-refractivity contribution in [2.24, 2.45) is 0 Å². The van der Waals surface area contributed by atoms with Crippen molar-refractivity contribution >= 4 is 15.9 Å². The van der Waals surface area contributed by atoms with E-state index in [1.165, 1.54) is 0 Å². The fourth-order valence-corrected chi connectivity index (χ4v) is 1.70. The van der Waals surface area contributed by atoms with E-state index in [4.69, 9.17) is 10.00 Å². The minimum atomic E-state index is 0.668. The number of halogens is 1. The molecule has 1 aromatic rings. The Morgan fingerprint density at radius 3 is 2.69 bits per heavy atom. The molecule has 13 heavy (non-hydrogen) atoms. The number of rotatable bonds is 2. The van der Waals surface area contributed by atoms with Gasteiger partial charge in [0, 0.05) is 16.5 Å². The average molecular weight is 240 g/mol. The Hall–Kier alpha value is -1.01. The number of nitriles is 1. The molecule has 68 valence electrons. The van der Waals surface area contributed by atoms with Gasteiger partial charge in [0.15, 0.2) is 0 Å². The highest BCUT2D eigenvalue weighted by Crippen LogP contribution is 2.27. The number of hydrogen-bond acceptors (Lipinski definition) is 2. The molecule has 2 nitrogen and oxygen atoms in total. The van der Waals surface area contributed by atoms with Crippen LogP contribution >= 0.6 is 15.9 Å². The average Bonchev–Trinajstić information content (AvgIpc) is 2.17. The quantitative estimate of drug-likeness (QED) is 0.744. The van der Waals surface area contributed by atoms with Crippen molar-refractivity contribution in [1.29, 1.82) is 5.26 Å². The first-order valence-corrected chi connectivity index (χ1v) is 4.99. The van der Waals surface area contributed by atoms with Crippen LogP contribution in [0.2, 0.25) is 0 Å². The van der Waals surface area contributed by atoms with E-state index in [9.17, 15) is 0 Å². The van der Waals surface area contributed by atoms with E-state index in [0.29, 0.717) is 5.56 Å². The number of hydrogen-bond donors (Lipinski definition) is 0. The Labute approximate surface area is 86.3 Å². The summed E-state index contributed by atoms with van der Waals surface area (Å²) in [7, 11) is 1.62. The van der Waals surface area contributed by atoms with E-state index in [1.807, 2.05) is 19.1 Å². The fourth-order valence-electron chi connectivity index (χ4n) is 1.26. The maximum Gasteiger partial charge on any atom is 0.127 e. The van der Waals surface area contributed by atoms with Crippen LogP contribution in [0.5, 0.6) is 5.75 Å². The Morgan fingerprint density at radius 1 is 1.54 bits per heavy atom. The van der Waals surface area contributed by atoms with E-state index < -0.39 is 0 Å². The summed E-state index contributed by atoms with van der Waals surface area (Å²) in [6.07, 6.45) is 0. The molecular weight excluding hydrogens is 230 g/mol. The largest absolute Gasteiger partial charge is 0.496 e. The zero-order chi connectivity index (χ0) is 9.84. The fraction of sp³-hybridized carbons (Fsp3) is 0.300. The first-order valence-electron chi connectivity index (χ1n) is 3.87. The molecular formula is C10H10BrNO. The summed E-state index contributed by atoms with van der Waals surface area (Å²) in [4.78, 5) is 0. The van der Waals surface area contributed by atoms with Gasteiger partial charge in [0.2, 0.25) is 0 Å². The minimum Gasteiger partial charge on any atom is -0.496 e. The van der Waals surface area contributed by atoms with Crippen molar-refractivity contribution in [3.63, 3.8) is 0 Å². The van der Waals surface area contributed by atoms with E-state index in [0.717, 1.165) is 22.2 Å². The predicted octanol–water partition coefficient (Wildman–Crippen LogP) is 2.77. The molecule has 3 heteroatoms. The summed E-state index contributed by atoms with van der Waals surface area (Å²) in [5, 5.41) is 9.52. The van der Waals surface area contributed by atoms with Gasteiger partial charge in [-0.25, -0.2) is 0 Å². The lowest BCUT2D eigenvalue weighted by Crippen LogP contribution is -1.95. The van der Waals surface area contributed by atoms with Crippen molar-refractivity contribution in [3.05, 3.63) is 28.8 Å². The monoisotopic (exact) mass is 239 g/mol. The molecule has 1 rings (SSSR count). The third-order valence-electron chi connectivity index (χ3n) is 1.96. The molecule has 0 unspecified atom stereocenters. The first-order chi connectivity index (χ1) is 6.24. The molecule has 0 radical (unpaired) electrons. The summed E-state index contributed by atoms with van der Waals surface area (Å²) < 4.78 is 5.23. The zero-order valence-corrected chi connectivity index (χ0v) is 9.18. The van der Waals surface area contributed by atoms with Crippen molar-refractivity contribution in [3.8, 4) is 11.8 Å². The number of methoxy groups -OCH3 is 1. The predicted molar refractivity (Wildman–Crippen MR) is 55.1 cm³/mol. The summed E-state index contributed by atoms with van der Waals surface area (Å²) >= 11 is 3.37. The van der Waals surface area contributed by atoms with Crippen LogP contribution in [-0.2, 0) is 5.33 Å². The van der Waals surface area contributed by atoms with Crippen molar-refractivity contribution in [2.75, 3.05) is 7.11 Å². The number of ether oxygens (including phenoxy) is 1. The van der Waals surface area contributed by atoms with Crippen LogP contribution in [0.25, 0.3) is 0 Å². The van der Waals surface area contributed by atoms with E-state index in [1.54, 1.807) is 7.11 Å². The number of benzene rings is 1. The summed E-state index contributed by atoms with van der Waals surface area (Å²) in [6, 6.07) is 5.84. The van der Waals surface area contributed by atoms with Gasteiger partial charge < -0.3 is 4.74 Å². The summed E-state index contributed by atoms with van der Waals surface area (Å²) in [5.74, 6) is 0.802. The smallest absolute Gasteiger partial charge is 0.127 e. The lowest BCUT2D eigenvalue weighted by molar-refractivity contribution is 0.408. The molecule has 1 aromatic carbocycles. The maximum atomic E-state index is 8.78. The molecule has 0 aliphatic carbocycles. The highest BCUT2D eigenvalue weighted by atomic mass is 79.9. The maximum absolute atomic E-state index is 8.78. The van der Waals surface area contributed by atoms with Gasteiger partial charge in [-0.15, -0.1) is 0 Å². The molecule has 0 aliphatic rings. The van der Waals surface area contributed by atoms with Gasteiger partial charge in [-0.3, -0.25) is 0 Å². The zero-order valence-electron chi connectivity index (χ0n) is 7.60. The molecule has 0 fully saturated rings. The third-order valence-corrected chi connectivity index (χ3v) is 2.56.